The average Bonchev–Trinajstić information content (AvgIpc) is 2.88. The Bertz CT molecular complexity index is 1240. The zero-order valence-corrected chi connectivity index (χ0v) is 18.3. The van der Waals surface area contributed by atoms with Crippen molar-refractivity contribution in [1.82, 2.24) is 15.3 Å². The van der Waals surface area contributed by atoms with Crippen LogP contribution in [0.4, 0.5) is 0 Å². The van der Waals surface area contributed by atoms with Crippen molar-refractivity contribution in [2.24, 2.45) is 0 Å². The number of methoxy groups -OCH3 is 2. The normalized spacial score (nSPS) is 10.4. The molecule has 1 heterocycles. The molecule has 1 amide bonds. The van der Waals surface area contributed by atoms with Crippen molar-refractivity contribution in [1.29, 1.82) is 0 Å². The van der Waals surface area contributed by atoms with Gasteiger partial charge in [-0.15, -0.1) is 0 Å². The first kappa shape index (κ1) is 21.8. The van der Waals surface area contributed by atoms with Crippen LogP contribution in [0.5, 0.6) is 23.1 Å². The van der Waals surface area contributed by atoms with E-state index in [-0.39, 0.29) is 5.91 Å². The van der Waals surface area contributed by atoms with Crippen molar-refractivity contribution in [3.8, 4) is 34.4 Å². The molecule has 0 fully saturated rings. The van der Waals surface area contributed by atoms with Crippen LogP contribution in [0, 0.1) is 0 Å². The topological polar surface area (TPSA) is 82.6 Å². The summed E-state index contributed by atoms with van der Waals surface area (Å²) in [6.07, 6.45) is 1.43. The number of nitrogens with one attached hydrogen (secondary N) is 1. The lowest BCUT2D eigenvalue weighted by Gasteiger charge is -2.10. The predicted molar refractivity (Wildman–Crippen MR) is 125 cm³/mol. The predicted octanol–water partition coefficient (Wildman–Crippen LogP) is 4.88. The van der Waals surface area contributed by atoms with Gasteiger partial charge in [0.15, 0.2) is 11.5 Å². The average molecular weight is 441 g/mol. The van der Waals surface area contributed by atoms with Crippen molar-refractivity contribution in [2.45, 2.75) is 6.54 Å². The summed E-state index contributed by atoms with van der Waals surface area (Å²) >= 11 is 0. The lowest BCUT2D eigenvalue weighted by Crippen LogP contribution is -2.22. The SMILES string of the molecule is COc1ccc(CNC(=O)c2cccc(-c3cc(Oc4ccccc4OC)ncn3)c2)cc1. The van der Waals surface area contributed by atoms with Gasteiger partial charge in [0.05, 0.1) is 19.9 Å². The Labute approximate surface area is 192 Å². The van der Waals surface area contributed by atoms with E-state index >= 15 is 0 Å². The van der Waals surface area contributed by atoms with E-state index in [0.717, 1.165) is 16.9 Å². The van der Waals surface area contributed by atoms with Crippen LogP contribution in [0.3, 0.4) is 0 Å². The number of hydrogen-bond acceptors (Lipinski definition) is 6. The lowest BCUT2D eigenvalue weighted by atomic mass is 10.1. The molecule has 0 bridgehead atoms. The zero-order chi connectivity index (χ0) is 23.0. The maximum Gasteiger partial charge on any atom is 0.251 e. The van der Waals surface area contributed by atoms with Gasteiger partial charge in [0.2, 0.25) is 5.88 Å². The summed E-state index contributed by atoms with van der Waals surface area (Å²) in [5.74, 6) is 2.13. The van der Waals surface area contributed by atoms with E-state index in [9.17, 15) is 4.79 Å². The molecule has 0 aliphatic heterocycles. The van der Waals surface area contributed by atoms with Gasteiger partial charge in [0.25, 0.3) is 5.91 Å². The van der Waals surface area contributed by atoms with Crippen LogP contribution in [0.15, 0.2) is 85.2 Å². The molecule has 0 atom stereocenters. The summed E-state index contributed by atoms with van der Waals surface area (Å²) in [5, 5.41) is 2.94. The van der Waals surface area contributed by atoms with Gasteiger partial charge in [-0.25, -0.2) is 9.97 Å². The second-order valence-electron chi connectivity index (χ2n) is 7.11. The molecule has 3 aromatic carbocycles. The van der Waals surface area contributed by atoms with E-state index in [1.54, 1.807) is 38.5 Å². The van der Waals surface area contributed by atoms with E-state index in [2.05, 4.69) is 15.3 Å². The number of ether oxygens (including phenoxy) is 3. The van der Waals surface area contributed by atoms with Crippen molar-refractivity contribution < 1.29 is 19.0 Å². The first-order valence-corrected chi connectivity index (χ1v) is 10.3. The van der Waals surface area contributed by atoms with Crippen LogP contribution in [-0.2, 0) is 6.54 Å². The highest BCUT2D eigenvalue weighted by molar-refractivity contribution is 5.95. The molecule has 7 nitrogen and oxygen atoms in total. The maximum absolute atomic E-state index is 12.7. The molecule has 4 aromatic rings. The minimum absolute atomic E-state index is 0.174. The molecular formula is C26H23N3O4. The standard InChI is InChI=1S/C26H23N3O4/c1-31-21-12-10-18(11-13-21)16-27-26(30)20-7-5-6-19(14-20)22-15-25(29-17-28-22)33-24-9-4-3-8-23(24)32-2/h3-15,17H,16H2,1-2H3,(H,27,30). The van der Waals surface area contributed by atoms with Crippen molar-refractivity contribution in [3.05, 3.63) is 96.3 Å². The molecule has 1 N–H and O–H groups in total. The number of rotatable bonds is 8. The van der Waals surface area contributed by atoms with Crippen molar-refractivity contribution in [2.75, 3.05) is 14.2 Å². The van der Waals surface area contributed by atoms with Crippen LogP contribution in [0.25, 0.3) is 11.3 Å². The quantitative estimate of drug-likeness (QED) is 0.420. The van der Waals surface area contributed by atoms with E-state index < -0.39 is 0 Å². The molecule has 0 saturated heterocycles. The lowest BCUT2D eigenvalue weighted by molar-refractivity contribution is 0.0951. The van der Waals surface area contributed by atoms with Gasteiger partial charge >= 0.3 is 0 Å². The van der Waals surface area contributed by atoms with Gasteiger partial charge < -0.3 is 19.5 Å². The van der Waals surface area contributed by atoms with E-state index in [0.29, 0.717) is 35.2 Å². The third kappa shape index (κ3) is 5.46. The van der Waals surface area contributed by atoms with Crippen LogP contribution >= 0.6 is 0 Å². The number of benzene rings is 3. The number of hydrogen-bond donors (Lipinski definition) is 1. The highest BCUT2D eigenvalue weighted by Gasteiger charge is 2.11. The number of para-hydroxylation sites is 2. The number of carbonyl (C=O) groups excluding carboxylic acids is 1. The summed E-state index contributed by atoms with van der Waals surface area (Å²) in [6, 6.07) is 23.9. The Kier molecular flexibility index (Phi) is 6.80. The number of nitrogens with zero attached hydrogens (tertiary/aromatic N) is 2. The fourth-order valence-electron chi connectivity index (χ4n) is 3.22. The molecule has 0 unspecified atom stereocenters. The van der Waals surface area contributed by atoms with Gasteiger partial charge in [-0.1, -0.05) is 36.4 Å². The Hall–Kier alpha value is -4.39. The molecule has 7 heteroatoms. The molecule has 166 valence electrons. The summed E-state index contributed by atoms with van der Waals surface area (Å²) in [6.45, 7) is 0.414. The molecule has 0 aliphatic rings. The highest BCUT2D eigenvalue weighted by atomic mass is 16.5. The fraction of sp³-hybridized carbons (Fsp3) is 0.115. The first-order chi connectivity index (χ1) is 16.2. The zero-order valence-electron chi connectivity index (χ0n) is 18.3. The Morgan fingerprint density at radius 2 is 1.64 bits per heavy atom. The summed E-state index contributed by atoms with van der Waals surface area (Å²) in [7, 11) is 3.20. The van der Waals surface area contributed by atoms with Gasteiger partial charge in [-0.3, -0.25) is 4.79 Å². The molecule has 0 radical (unpaired) electrons. The molecule has 0 aliphatic carbocycles. The third-order valence-corrected chi connectivity index (χ3v) is 4.96. The maximum atomic E-state index is 12.7. The monoisotopic (exact) mass is 441 g/mol. The van der Waals surface area contributed by atoms with Crippen molar-refractivity contribution >= 4 is 5.91 Å². The molecular weight excluding hydrogens is 418 g/mol. The first-order valence-electron chi connectivity index (χ1n) is 10.3. The van der Waals surface area contributed by atoms with Crippen LogP contribution in [0.1, 0.15) is 15.9 Å². The Morgan fingerprint density at radius 1 is 0.848 bits per heavy atom. The minimum atomic E-state index is -0.174. The van der Waals surface area contributed by atoms with Gasteiger partial charge in [-0.2, -0.15) is 0 Å². The van der Waals surface area contributed by atoms with E-state index in [1.165, 1.54) is 6.33 Å². The van der Waals surface area contributed by atoms with Gasteiger partial charge in [-0.05, 0) is 42.0 Å². The number of aromatic nitrogens is 2. The van der Waals surface area contributed by atoms with Crippen LogP contribution < -0.4 is 19.5 Å². The molecule has 0 saturated carbocycles. The van der Waals surface area contributed by atoms with Gasteiger partial charge in [0, 0.05) is 23.7 Å². The highest BCUT2D eigenvalue weighted by Crippen LogP contribution is 2.31. The van der Waals surface area contributed by atoms with E-state index in [1.807, 2.05) is 54.6 Å². The van der Waals surface area contributed by atoms with Crippen LogP contribution in [0.2, 0.25) is 0 Å². The molecule has 4 rings (SSSR count). The second kappa shape index (κ2) is 10.3. The fourth-order valence-corrected chi connectivity index (χ4v) is 3.22. The largest absolute Gasteiger partial charge is 0.497 e. The minimum Gasteiger partial charge on any atom is -0.497 e. The Morgan fingerprint density at radius 3 is 2.39 bits per heavy atom. The smallest absolute Gasteiger partial charge is 0.251 e. The van der Waals surface area contributed by atoms with Crippen molar-refractivity contribution in [3.63, 3.8) is 0 Å². The Balaban J connectivity index is 1.47. The number of carbonyl (C=O) groups is 1. The summed E-state index contributed by atoms with van der Waals surface area (Å²) in [4.78, 5) is 21.2. The van der Waals surface area contributed by atoms with Gasteiger partial charge in [0.1, 0.15) is 12.1 Å². The number of amides is 1. The summed E-state index contributed by atoms with van der Waals surface area (Å²) in [5.41, 5.74) is 2.93. The molecule has 33 heavy (non-hydrogen) atoms. The third-order valence-electron chi connectivity index (χ3n) is 4.96. The second-order valence-corrected chi connectivity index (χ2v) is 7.11. The van der Waals surface area contributed by atoms with Crippen LogP contribution in [-0.4, -0.2) is 30.1 Å². The molecule has 0 spiro atoms. The molecule has 1 aromatic heterocycles. The van der Waals surface area contributed by atoms with E-state index in [4.69, 9.17) is 14.2 Å². The summed E-state index contributed by atoms with van der Waals surface area (Å²) < 4.78 is 16.4.